The maximum Gasteiger partial charge on any atom is 0.306 e. The summed E-state index contributed by atoms with van der Waals surface area (Å²) in [5, 5.41) is 0. The second kappa shape index (κ2) is 58.4. The normalized spacial score (nSPS) is 13.0. The van der Waals surface area contributed by atoms with Crippen LogP contribution in [0.15, 0.2) is 122 Å². The van der Waals surface area contributed by atoms with Gasteiger partial charge in [0.25, 0.3) is 0 Å². The van der Waals surface area contributed by atoms with E-state index in [2.05, 4.69) is 142 Å². The molecule has 0 radical (unpaired) electrons. The number of allylic oxidation sites excluding steroid dienone is 20. The van der Waals surface area contributed by atoms with Crippen LogP contribution in [-0.2, 0) is 28.6 Å². The lowest BCUT2D eigenvalue weighted by molar-refractivity contribution is -0.167. The van der Waals surface area contributed by atoms with E-state index in [1.807, 2.05) is 0 Å². The second-order valence-electron chi connectivity index (χ2n) is 18.8. The lowest BCUT2D eigenvalue weighted by Gasteiger charge is -2.18. The zero-order valence-corrected chi connectivity index (χ0v) is 45.9. The fourth-order valence-electron chi connectivity index (χ4n) is 7.63. The van der Waals surface area contributed by atoms with Crippen LogP contribution in [0.4, 0.5) is 0 Å². The molecule has 0 saturated heterocycles. The van der Waals surface area contributed by atoms with Crippen LogP contribution in [0.5, 0.6) is 0 Å². The highest BCUT2D eigenvalue weighted by molar-refractivity contribution is 5.71. The van der Waals surface area contributed by atoms with Crippen LogP contribution in [-0.4, -0.2) is 37.2 Å². The van der Waals surface area contributed by atoms with Crippen molar-refractivity contribution in [2.45, 2.75) is 258 Å². The molecule has 0 fully saturated rings. The average molecular weight is 984 g/mol. The minimum atomic E-state index is -0.812. The Kier molecular flexibility index (Phi) is 54.9. The Labute approximate surface area is 437 Å². The highest BCUT2D eigenvalue weighted by Crippen LogP contribution is 2.14. The molecule has 0 aliphatic rings. The molecule has 0 spiro atoms. The highest BCUT2D eigenvalue weighted by Gasteiger charge is 2.19. The van der Waals surface area contributed by atoms with Gasteiger partial charge in [0.15, 0.2) is 6.10 Å². The van der Waals surface area contributed by atoms with Gasteiger partial charge >= 0.3 is 17.9 Å². The van der Waals surface area contributed by atoms with Crippen LogP contribution in [0.25, 0.3) is 0 Å². The van der Waals surface area contributed by atoms with Crippen LogP contribution < -0.4 is 0 Å². The van der Waals surface area contributed by atoms with Gasteiger partial charge in [-0.2, -0.15) is 0 Å². The second-order valence-corrected chi connectivity index (χ2v) is 18.8. The van der Waals surface area contributed by atoms with E-state index < -0.39 is 6.10 Å². The van der Waals surface area contributed by atoms with Crippen LogP contribution >= 0.6 is 0 Å². The highest BCUT2D eigenvalue weighted by atomic mass is 16.6. The summed E-state index contributed by atoms with van der Waals surface area (Å²) in [6, 6.07) is 0. The number of unbranched alkanes of at least 4 members (excludes halogenated alkanes) is 20. The number of hydrogen-bond donors (Lipinski definition) is 0. The van der Waals surface area contributed by atoms with Crippen LogP contribution in [0.2, 0.25) is 0 Å². The van der Waals surface area contributed by atoms with Crippen LogP contribution in [0, 0.1) is 0 Å². The first-order valence-electron chi connectivity index (χ1n) is 29.0. The summed E-state index contributed by atoms with van der Waals surface area (Å²) in [5.74, 6) is -0.966. The van der Waals surface area contributed by atoms with Crippen LogP contribution in [0.3, 0.4) is 0 Å². The van der Waals surface area contributed by atoms with E-state index in [1.165, 1.54) is 77.0 Å². The molecule has 1 atom stereocenters. The predicted molar refractivity (Wildman–Crippen MR) is 306 cm³/mol. The molecular weight excluding hydrogens is 877 g/mol. The smallest absolute Gasteiger partial charge is 0.306 e. The summed E-state index contributed by atoms with van der Waals surface area (Å²) in [5.41, 5.74) is 0. The molecule has 0 aliphatic heterocycles. The van der Waals surface area contributed by atoms with Crippen molar-refractivity contribution in [3.05, 3.63) is 122 Å². The van der Waals surface area contributed by atoms with Gasteiger partial charge in [-0.15, -0.1) is 0 Å². The Bertz CT molecular complexity index is 1500. The van der Waals surface area contributed by atoms with Crippen molar-refractivity contribution in [2.75, 3.05) is 13.2 Å². The van der Waals surface area contributed by atoms with Crippen molar-refractivity contribution in [3.63, 3.8) is 0 Å². The number of ether oxygens (including phenoxy) is 3. The Hall–Kier alpha value is -4.19. The number of carbonyl (C=O) groups excluding carboxylic acids is 3. The van der Waals surface area contributed by atoms with Crippen molar-refractivity contribution in [1.82, 2.24) is 0 Å². The SMILES string of the molecule is CC/C=C\C/C=C\C/C=C\C/C=C\C/C=C\CCCCCC(=O)O[C@H](COC(=O)CCCCCC/C=C\C/C=C\C/C=C\C/C=C\CC)COC(=O)CCCCCCCCC/C=C\CCCCCCCC. The van der Waals surface area contributed by atoms with E-state index in [9.17, 15) is 14.4 Å². The molecule has 402 valence electrons. The molecule has 71 heavy (non-hydrogen) atoms. The Morgan fingerprint density at radius 1 is 0.296 bits per heavy atom. The van der Waals surface area contributed by atoms with Gasteiger partial charge in [-0.25, -0.2) is 0 Å². The Morgan fingerprint density at radius 2 is 0.549 bits per heavy atom. The van der Waals surface area contributed by atoms with Gasteiger partial charge in [0, 0.05) is 19.3 Å². The molecular formula is C65H106O6. The van der Waals surface area contributed by atoms with Crippen LogP contribution in [0.1, 0.15) is 252 Å². The third-order valence-corrected chi connectivity index (χ3v) is 11.9. The predicted octanol–water partition coefficient (Wildman–Crippen LogP) is 19.6. The number of carbonyl (C=O) groups is 3. The van der Waals surface area contributed by atoms with Gasteiger partial charge in [0.1, 0.15) is 13.2 Å². The number of esters is 3. The zero-order valence-electron chi connectivity index (χ0n) is 45.9. The van der Waals surface area contributed by atoms with E-state index in [-0.39, 0.29) is 37.5 Å². The maximum atomic E-state index is 12.9. The fourth-order valence-corrected chi connectivity index (χ4v) is 7.63. The maximum absolute atomic E-state index is 12.9. The third kappa shape index (κ3) is 56.6. The van der Waals surface area contributed by atoms with Crippen molar-refractivity contribution in [3.8, 4) is 0 Å². The molecule has 6 heteroatoms. The van der Waals surface area contributed by atoms with E-state index in [0.717, 1.165) is 128 Å². The molecule has 0 rings (SSSR count). The molecule has 0 aromatic carbocycles. The van der Waals surface area contributed by atoms with Gasteiger partial charge in [0.05, 0.1) is 0 Å². The Balaban J connectivity index is 4.52. The van der Waals surface area contributed by atoms with E-state index in [1.54, 1.807) is 0 Å². The molecule has 0 saturated carbocycles. The van der Waals surface area contributed by atoms with Crippen molar-refractivity contribution < 1.29 is 28.6 Å². The van der Waals surface area contributed by atoms with Gasteiger partial charge < -0.3 is 14.2 Å². The largest absolute Gasteiger partial charge is 0.462 e. The number of hydrogen-bond acceptors (Lipinski definition) is 6. The third-order valence-electron chi connectivity index (χ3n) is 11.9. The topological polar surface area (TPSA) is 78.9 Å². The first kappa shape index (κ1) is 66.8. The molecule has 0 bridgehead atoms. The first-order chi connectivity index (χ1) is 35.0. The lowest BCUT2D eigenvalue weighted by atomic mass is 10.1. The van der Waals surface area contributed by atoms with Gasteiger partial charge in [-0.1, -0.05) is 226 Å². The summed E-state index contributed by atoms with van der Waals surface area (Å²) in [6.07, 6.45) is 80.4. The molecule has 0 aliphatic carbocycles. The molecule has 0 aromatic heterocycles. The monoisotopic (exact) mass is 983 g/mol. The van der Waals surface area contributed by atoms with E-state index >= 15 is 0 Å². The molecule has 6 nitrogen and oxygen atoms in total. The summed E-state index contributed by atoms with van der Waals surface area (Å²) < 4.78 is 16.8. The molecule has 0 aromatic rings. The van der Waals surface area contributed by atoms with Crippen molar-refractivity contribution in [2.24, 2.45) is 0 Å². The van der Waals surface area contributed by atoms with E-state index in [0.29, 0.717) is 19.3 Å². The molecule has 0 N–H and O–H groups in total. The van der Waals surface area contributed by atoms with Gasteiger partial charge in [0.2, 0.25) is 0 Å². The van der Waals surface area contributed by atoms with Crippen molar-refractivity contribution in [1.29, 1.82) is 0 Å². The van der Waals surface area contributed by atoms with Gasteiger partial charge in [-0.3, -0.25) is 14.4 Å². The first-order valence-corrected chi connectivity index (χ1v) is 29.0. The Morgan fingerprint density at radius 3 is 0.887 bits per heavy atom. The lowest BCUT2D eigenvalue weighted by Crippen LogP contribution is -2.30. The van der Waals surface area contributed by atoms with Crippen molar-refractivity contribution >= 4 is 17.9 Å². The summed E-state index contributed by atoms with van der Waals surface area (Å²) in [7, 11) is 0. The minimum Gasteiger partial charge on any atom is -0.462 e. The molecule has 0 heterocycles. The standard InChI is InChI=1S/C65H106O6/c1-4-7-10-13-16-19-22-25-28-31-32-35-38-41-44-47-50-53-56-59-65(68)71-62(60-69-63(66)57-54-51-48-45-42-39-36-33-29-26-23-20-17-14-11-8-5-2)61-70-64(67)58-55-52-49-46-43-40-37-34-30-27-24-21-18-15-12-9-6-3/h7-8,10-11,16-17,19-20,25-30,32,35-36,39,41,44,62H,4-6,9,12-15,18,21-24,31,33-34,37-38,40,42-43,45-61H2,1-3H3/b10-7-,11-8-,19-16-,20-17-,28-25-,29-26-,30-27-,35-32-,39-36-,44-41-/t62-/m1/s1. The summed E-state index contributed by atoms with van der Waals surface area (Å²) in [4.78, 5) is 38.2. The quantitative estimate of drug-likeness (QED) is 0.0261. The van der Waals surface area contributed by atoms with Gasteiger partial charge in [-0.05, 0) is 128 Å². The zero-order chi connectivity index (χ0) is 51.4. The molecule has 0 unspecified atom stereocenters. The molecule has 0 amide bonds. The summed E-state index contributed by atoms with van der Waals surface area (Å²) >= 11 is 0. The average Bonchev–Trinajstić information content (AvgIpc) is 3.37. The minimum absolute atomic E-state index is 0.105. The summed E-state index contributed by atoms with van der Waals surface area (Å²) in [6.45, 7) is 6.36. The van der Waals surface area contributed by atoms with E-state index in [4.69, 9.17) is 14.2 Å². The fraction of sp³-hybridized carbons (Fsp3) is 0.646. The number of rotatable bonds is 51.